The summed E-state index contributed by atoms with van der Waals surface area (Å²) in [5, 5.41) is 0. The molecule has 0 amide bonds. The minimum absolute atomic E-state index is 0. The van der Waals surface area contributed by atoms with E-state index in [-0.39, 0.29) is 24.0 Å². The van der Waals surface area contributed by atoms with E-state index in [1.807, 2.05) is 0 Å². The van der Waals surface area contributed by atoms with E-state index >= 15 is 0 Å². The van der Waals surface area contributed by atoms with E-state index in [0.717, 1.165) is 0 Å². The van der Waals surface area contributed by atoms with Crippen molar-refractivity contribution in [3.8, 4) is 0 Å². The first-order valence-electron chi connectivity index (χ1n) is 3.68. The first-order chi connectivity index (χ1) is 6.88. The third kappa shape index (κ3) is 4.80. The summed E-state index contributed by atoms with van der Waals surface area (Å²) in [5.41, 5.74) is 2.80. The molecule has 0 N–H and O–H groups in total. The van der Waals surface area contributed by atoms with Crippen LogP contribution in [0.4, 0.5) is 0 Å². The average Bonchev–Trinajstić information content (AvgIpc) is 2.67. The summed E-state index contributed by atoms with van der Waals surface area (Å²) in [5.74, 6) is 0. The zero-order chi connectivity index (χ0) is 11.0. The zero-order valence-electron chi connectivity index (χ0n) is 7.59. The van der Waals surface area contributed by atoms with Crippen LogP contribution < -0.4 is 24.0 Å². The van der Waals surface area contributed by atoms with E-state index in [1.54, 1.807) is 0 Å². The molecule has 1 aliphatic rings. The van der Waals surface area contributed by atoms with Crippen molar-refractivity contribution in [3.63, 3.8) is 0 Å². The SMILES string of the molecule is [C]=O.[C]=O.[I-].[Ru+][CH]1C=Cc2ccccc21. The van der Waals surface area contributed by atoms with Gasteiger partial charge in [-0.15, -0.1) is 0 Å². The number of rotatable bonds is 0. The molecular formula is C11H7IO2Ru. The molecule has 1 aromatic rings. The van der Waals surface area contributed by atoms with Crippen LogP contribution in [0.3, 0.4) is 0 Å². The molecule has 15 heavy (non-hydrogen) atoms. The quantitative estimate of drug-likeness (QED) is 0.394. The molecule has 0 saturated carbocycles. The molecule has 0 aliphatic heterocycles. The van der Waals surface area contributed by atoms with Crippen LogP contribution in [0.5, 0.6) is 0 Å². The van der Waals surface area contributed by atoms with Gasteiger partial charge in [-0.3, -0.25) is 9.59 Å². The predicted octanol–water partition coefficient (Wildman–Crippen LogP) is -1.49. The van der Waals surface area contributed by atoms with Crippen LogP contribution in [0.25, 0.3) is 6.08 Å². The molecule has 0 spiro atoms. The number of carbonyl (C=O) groups excluding carboxylic acids is 2. The summed E-state index contributed by atoms with van der Waals surface area (Å²) in [4.78, 5) is 15.0. The van der Waals surface area contributed by atoms with Gasteiger partial charge in [0.15, 0.2) is 0 Å². The van der Waals surface area contributed by atoms with Gasteiger partial charge < -0.3 is 24.0 Å². The van der Waals surface area contributed by atoms with E-state index in [9.17, 15) is 0 Å². The van der Waals surface area contributed by atoms with Crippen molar-refractivity contribution >= 4 is 19.7 Å². The zero-order valence-corrected chi connectivity index (χ0v) is 11.5. The summed E-state index contributed by atoms with van der Waals surface area (Å²) < 4.78 is 0.551. The van der Waals surface area contributed by atoms with Crippen LogP contribution in [0, 0.1) is 0 Å². The molecule has 0 saturated heterocycles. The van der Waals surface area contributed by atoms with Crippen molar-refractivity contribution in [2.75, 3.05) is 0 Å². The molecule has 1 atom stereocenters. The first kappa shape index (κ1) is 17.1. The molecule has 78 valence electrons. The predicted molar refractivity (Wildman–Crippen MR) is 49.6 cm³/mol. The van der Waals surface area contributed by atoms with Gasteiger partial charge in [0.25, 0.3) is 13.6 Å². The second-order valence-corrected chi connectivity index (χ2v) is 3.46. The number of allylic oxidation sites excluding steroid dienone is 1. The van der Waals surface area contributed by atoms with Crippen LogP contribution in [-0.4, -0.2) is 13.6 Å². The van der Waals surface area contributed by atoms with Gasteiger partial charge in [-0.1, -0.05) is 0 Å². The molecule has 4 heteroatoms. The Hall–Kier alpha value is -0.347. The van der Waals surface area contributed by atoms with Crippen LogP contribution in [0.2, 0.25) is 0 Å². The van der Waals surface area contributed by atoms with Crippen molar-refractivity contribution < 1.29 is 51.9 Å². The molecule has 0 aromatic heterocycles. The van der Waals surface area contributed by atoms with Crippen molar-refractivity contribution in [1.29, 1.82) is 0 Å². The molecule has 0 heterocycles. The fourth-order valence-corrected chi connectivity index (χ4v) is 1.82. The summed E-state index contributed by atoms with van der Waals surface area (Å²) in [7, 11) is 0. The number of hydrogen-bond acceptors (Lipinski definition) is 2. The Morgan fingerprint density at radius 1 is 1.07 bits per heavy atom. The van der Waals surface area contributed by atoms with Gasteiger partial charge in [0.05, 0.1) is 0 Å². The van der Waals surface area contributed by atoms with Crippen molar-refractivity contribution in [1.82, 2.24) is 0 Å². The van der Waals surface area contributed by atoms with Gasteiger partial charge in [-0.05, 0) is 0 Å². The number of fused-ring (bicyclic) bond motifs is 1. The van der Waals surface area contributed by atoms with Gasteiger partial charge in [-0.25, -0.2) is 0 Å². The molecule has 0 fully saturated rings. The Morgan fingerprint density at radius 3 is 2.13 bits per heavy atom. The average molecular weight is 399 g/mol. The van der Waals surface area contributed by atoms with Crippen molar-refractivity contribution in [2.45, 2.75) is 4.51 Å². The summed E-state index contributed by atoms with van der Waals surface area (Å²) in [6.07, 6.45) is 4.39. The van der Waals surface area contributed by atoms with Gasteiger partial charge in [0, 0.05) is 0 Å². The van der Waals surface area contributed by atoms with Gasteiger partial charge >= 0.3 is 70.4 Å². The molecule has 1 aromatic carbocycles. The minimum atomic E-state index is 0. The fourth-order valence-electron chi connectivity index (χ4n) is 1.20. The normalized spacial score (nSPS) is 14.6. The van der Waals surface area contributed by atoms with Gasteiger partial charge in [0.2, 0.25) is 0 Å². The second kappa shape index (κ2) is 10.2. The van der Waals surface area contributed by atoms with E-state index in [0.29, 0.717) is 4.51 Å². The van der Waals surface area contributed by atoms with Crippen molar-refractivity contribution in [3.05, 3.63) is 41.5 Å². The van der Waals surface area contributed by atoms with E-state index in [1.165, 1.54) is 11.1 Å². The van der Waals surface area contributed by atoms with E-state index in [2.05, 4.69) is 68.3 Å². The molecule has 1 aliphatic carbocycles. The fraction of sp³-hybridized carbons (Fsp3) is 0.0909. The standard InChI is InChI=1S/C9H7.2CO.HI.Ru/c1-2-5-9-7-3-6-8(9)4-1;2*1-2;;/h1-7H;;;1H;/q;;;;+1/p-1. The van der Waals surface area contributed by atoms with Crippen LogP contribution in [0.15, 0.2) is 30.3 Å². The van der Waals surface area contributed by atoms with E-state index < -0.39 is 0 Å². The Balaban J connectivity index is 0. The molecule has 2 nitrogen and oxygen atoms in total. The molecule has 0 bridgehead atoms. The number of halogens is 1. The van der Waals surface area contributed by atoms with Gasteiger partial charge in [0.1, 0.15) is 0 Å². The third-order valence-electron chi connectivity index (χ3n) is 1.73. The second-order valence-electron chi connectivity index (χ2n) is 2.37. The Morgan fingerprint density at radius 2 is 1.60 bits per heavy atom. The Kier molecular flexibility index (Phi) is 11.6. The Labute approximate surface area is 117 Å². The maximum absolute atomic E-state index is 7.50. The summed E-state index contributed by atoms with van der Waals surface area (Å²) in [6.45, 7) is 9.00. The number of benzene rings is 1. The maximum atomic E-state index is 7.50. The molecule has 4 radical (unpaired) electrons. The van der Waals surface area contributed by atoms with E-state index in [4.69, 9.17) is 9.59 Å². The number of hydrogen-bond donors (Lipinski definition) is 0. The molecule has 2 rings (SSSR count). The topological polar surface area (TPSA) is 34.1 Å². The third-order valence-corrected chi connectivity index (χ3v) is 2.60. The first-order valence-corrected chi connectivity index (χ1v) is 4.69. The van der Waals surface area contributed by atoms with Crippen LogP contribution in [0.1, 0.15) is 15.6 Å². The molecule has 1 unspecified atom stereocenters. The van der Waals surface area contributed by atoms with Crippen LogP contribution in [-0.2, 0) is 27.9 Å². The summed E-state index contributed by atoms with van der Waals surface area (Å²) >= 11 is 2.72. The monoisotopic (exact) mass is 400 g/mol. The van der Waals surface area contributed by atoms with Crippen LogP contribution >= 0.6 is 0 Å². The summed E-state index contributed by atoms with van der Waals surface area (Å²) in [6, 6.07) is 8.49. The Bertz CT molecular complexity index is 313. The van der Waals surface area contributed by atoms with Gasteiger partial charge in [-0.2, -0.15) is 0 Å². The van der Waals surface area contributed by atoms with Crippen molar-refractivity contribution in [2.24, 2.45) is 0 Å². The molecular weight excluding hydrogens is 392 g/mol.